The zero-order valence-electron chi connectivity index (χ0n) is 15.2. The lowest BCUT2D eigenvalue weighted by molar-refractivity contribution is -0.115. The van der Waals surface area contributed by atoms with Gasteiger partial charge in [-0.3, -0.25) is 10.1 Å². The Bertz CT molecular complexity index is 637. The lowest BCUT2D eigenvalue weighted by Gasteiger charge is -2.33. The van der Waals surface area contributed by atoms with Gasteiger partial charge in [0.25, 0.3) is 0 Å². The lowest BCUT2D eigenvalue weighted by Crippen LogP contribution is -2.36. The number of pyridine rings is 1. The quantitative estimate of drug-likeness (QED) is 0.822. The first-order valence-corrected chi connectivity index (χ1v) is 8.64. The van der Waals surface area contributed by atoms with Crippen molar-refractivity contribution >= 4 is 23.5 Å². The number of piperidine rings is 1. The fourth-order valence-corrected chi connectivity index (χ4v) is 2.88. The van der Waals surface area contributed by atoms with Crippen molar-refractivity contribution < 1.29 is 14.3 Å². The van der Waals surface area contributed by atoms with Crippen molar-refractivity contribution in [1.82, 2.24) is 4.98 Å². The number of carbonyl (C=O) groups is 2. The van der Waals surface area contributed by atoms with Gasteiger partial charge in [-0.15, -0.1) is 0 Å². The average Bonchev–Trinajstić information content (AvgIpc) is 2.53. The Kier molecular flexibility index (Phi) is 6.17. The number of carbonyl (C=O) groups excluding carboxylic acids is 2. The molecule has 2 rings (SSSR count). The Hall–Kier alpha value is -2.37. The van der Waals surface area contributed by atoms with Gasteiger partial charge in [-0.1, -0.05) is 12.6 Å². The van der Waals surface area contributed by atoms with E-state index in [9.17, 15) is 9.59 Å². The van der Waals surface area contributed by atoms with Gasteiger partial charge in [0.05, 0.1) is 0 Å². The SMILES string of the molecule is C=CC(=O)C[C@H]1CCCN(c2cccc(NC(=O)OC(C)(C)C)n2)C1. The minimum Gasteiger partial charge on any atom is -0.444 e. The van der Waals surface area contributed by atoms with Crippen LogP contribution in [0, 0.1) is 5.92 Å². The molecule has 136 valence electrons. The second kappa shape index (κ2) is 8.14. The topological polar surface area (TPSA) is 71.5 Å². The van der Waals surface area contributed by atoms with Gasteiger partial charge in [0.1, 0.15) is 17.2 Å². The van der Waals surface area contributed by atoms with Gasteiger partial charge >= 0.3 is 6.09 Å². The predicted octanol–water partition coefficient (Wildman–Crippen LogP) is 3.79. The Labute approximate surface area is 149 Å². The van der Waals surface area contributed by atoms with Crippen LogP contribution in [-0.4, -0.2) is 35.6 Å². The van der Waals surface area contributed by atoms with E-state index in [0.717, 1.165) is 31.7 Å². The molecule has 2 heterocycles. The first-order valence-electron chi connectivity index (χ1n) is 8.64. The molecule has 6 heteroatoms. The molecule has 1 aromatic rings. The second-order valence-electron chi connectivity index (χ2n) is 7.34. The maximum atomic E-state index is 11.9. The van der Waals surface area contributed by atoms with Gasteiger partial charge < -0.3 is 9.64 Å². The van der Waals surface area contributed by atoms with E-state index < -0.39 is 11.7 Å². The highest BCUT2D eigenvalue weighted by Crippen LogP contribution is 2.25. The lowest BCUT2D eigenvalue weighted by atomic mass is 9.93. The van der Waals surface area contributed by atoms with Crippen LogP contribution in [0.4, 0.5) is 16.4 Å². The summed E-state index contributed by atoms with van der Waals surface area (Å²) in [6.45, 7) is 10.7. The van der Waals surface area contributed by atoms with Crippen molar-refractivity contribution in [3.63, 3.8) is 0 Å². The minimum absolute atomic E-state index is 0.0835. The van der Waals surface area contributed by atoms with Gasteiger partial charge in [-0.2, -0.15) is 0 Å². The number of hydrogen-bond acceptors (Lipinski definition) is 5. The van der Waals surface area contributed by atoms with Crippen LogP contribution in [0.3, 0.4) is 0 Å². The van der Waals surface area contributed by atoms with E-state index >= 15 is 0 Å². The number of nitrogens with zero attached hydrogens (tertiary/aromatic N) is 2. The van der Waals surface area contributed by atoms with Crippen molar-refractivity contribution in [2.45, 2.75) is 45.6 Å². The summed E-state index contributed by atoms with van der Waals surface area (Å²) < 4.78 is 5.25. The zero-order valence-corrected chi connectivity index (χ0v) is 15.2. The Balaban J connectivity index is 2.01. The molecular weight excluding hydrogens is 318 g/mol. The molecule has 6 nitrogen and oxygen atoms in total. The van der Waals surface area contributed by atoms with Crippen molar-refractivity contribution in [2.24, 2.45) is 5.92 Å². The van der Waals surface area contributed by atoms with Crippen molar-refractivity contribution in [3.8, 4) is 0 Å². The molecule has 0 aliphatic carbocycles. The predicted molar refractivity (Wildman–Crippen MR) is 98.9 cm³/mol. The van der Waals surface area contributed by atoms with E-state index in [0.29, 0.717) is 18.2 Å². The maximum Gasteiger partial charge on any atom is 0.413 e. The third-order valence-corrected chi connectivity index (χ3v) is 3.92. The van der Waals surface area contributed by atoms with Gasteiger partial charge in [-0.05, 0) is 57.7 Å². The van der Waals surface area contributed by atoms with Crippen molar-refractivity contribution in [3.05, 3.63) is 30.9 Å². The molecule has 1 saturated heterocycles. The highest BCUT2D eigenvalue weighted by Gasteiger charge is 2.23. The van der Waals surface area contributed by atoms with Gasteiger partial charge in [0.15, 0.2) is 5.78 Å². The number of rotatable bonds is 5. The Morgan fingerprint density at radius 3 is 2.88 bits per heavy atom. The van der Waals surface area contributed by atoms with Crippen LogP contribution in [0.15, 0.2) is 30.9 Å². The van der Waals surface area contributed by atoms with Crippen molar-refractivity contribution in [1.29, 1.82) is 0 Å². The molecule has 25 heavy (non-hydrogen) atoms. The molecule has 0 radical (unpaired) electrons. The normalized spacial score (nSPS) is 17.7. The first-order chi connectivity index (χ1) is 11.8. The van der Waals surface area contributed by atoms with E-state index in [4.69, 9.17) is 4.74 Å². The molecule has 0 spiro atoms. The van der Waals surface area contributed by atoms with E-state index in [1.54, 1.807) is 6.07 Å². The number of hydrogen-bond donors (Lipinski definition) is 1. The van der Waals surface area contributed by atoms with Crippen LogP contribution in [0.1, 0.15) is 40.0 Å². The molecule has 1 atom stereocenters. The van der Waals surface area contributed by atoms with E-state index in [-0.39, 0.29) is 5.78 Å². The monoisotopic (exact) mass is 345 g/mol. The van der Waals surface area contributed by atoms with Crippen molar-refractivity contribution in [2.75, 3.05) is 23.3 Å². The van der Waals surface area contributed by atoms with Crippen LogP contribution in [0.5, 0.6) is 0 Å². The summed E-state index contributed by atoms with van der Waals surface area (Å²) in [6.07, 6.45) is 3.44. The number of ketones is 1. The van der Waals surface area contributed by atoms with Gasteiger partial charge in [-0.25, -0.2) is 9.78 Å². The van der Waals surface area contributed by atoms with E-state index in [1.165, 1.54) is 6.08 Å². The molecule has 1 aromatic heterocycles. The molecule has 1 fully saturated rings. The van der Waals surface area contributed by atoms with E-state index in [2.05, 4.69) is 21.8 Å². The number of ether oxygens (including phenoxy) is 1. The van der Waals surface area contributed by atoms with Crippen LogP contribution in [-0.2, 0) is 9.53 Å². The highest BCUT2D eigenvalue weighted by atomic mass is 16.6. The van der Waals surface area contributed by atoms with Crippen LogP contribution >= 0.6 is 0 Å². The van der Waals surface area contributed by atoms with Gasteiger partial charge in [0, 0.05) is 19.5 Å². The second-order valence-corrected chi connectivity index (χ2v) is 7.34. The number of nitrogens with one attached hydrogen (secondary N) is 1. The maximum absolute atomic E-state index is 11.9. The summed E-state index contributed by atoms with van der Waals surface area (Å²) >= 11 is 0. The number of aromatic nitrogens is 1. The summed E-state index contributed by atoms with van der Waals surface area (Å²) in [4.78, 5) is 30.2. The third kappa shape index (κ3) is 6.21. The molecular formula is C19H27N3O3. The molecule has 0 unspecified atom stereocenters. The number of allylic oxidation sites excluding steroid dienone is 1. The van der Waals surface area contributed by atoms with Crippen LogP contribution in [0.25, 0.3) is 0 Å². The van der Waals surface area contributed by atoms with Crippen LogP contribution in [0.2, 0.25) is 0 Å². The minimum atomic E-state index is -0.556. The standard InChI is InChI=1S/C19H27N3O3/c1-5-15(23)12-14-8-7-11-22(13-14)17-10-6-9-16(20-17)21-18(24)25-19(2,3)4/h5-6,9-10,14H,1,7-8,11-13H2,2-4H3,(H,20,21,24)/t14-/m1/s1. The summed E-state index contributed by atoms with van der Waals surface area (Å²) in [6, 6.07) is 5.50. The zero-order chi connectivity index (χ0) is 18.4. The van der Waals surface area contributed by atoms with E-state index in [1.807, 2.05) is 32.9 Å². The Morgan fingerprint density at radius 1 is 1.44 bits per heavy atom. The summed E-state index contributed by atoms with van der Waals surface area (Å²) in [5, 5.41) is 2.66. The fraction of sp³-hybridized carbons (Fsp3) is 0.526. The molecule has 1 amide bonds. The molecule has 0 aromatic carbocycles. The number of amides is 1. The first kappa shape index (κ1) is 19.0. The number of anilines is 2. The Morgan fingerprint density at radius 2 is 2.20 bits per heavy atom. The third-order valence-electron chi connectivity index (χ3n) is 3.92. The summed E-state index contributed by atoms with van der Waals surface area (Å²) in [5.74, 6) is 1.64. The molecule has 1 aliphatic rings. The summed E-state index contributed by atoms with van der Waals surface area (Å²) in [7, 11) is 0. The molecule has 0 bridgehead atoms. The molecule has 1 aliphatic heterocycles. The van der Waals surface area contributed by atoms with Gasteiger partial charge in [0.2, 0.25) is 0 Å². The van der Waals surface area contributed by atoms with Crippen LogP contribution < -0.4 is 10.2 Å². The molecule has 0 saturated carbocycles. The largest absolute Gasteiger partial charge is 0.444 e. The molecule has 1 N–H and O–H groups in total. The average molecular weight is 345 g/mol. The highest BCUT2D eigenvalue weighted by molar-refractivity contribution is 5.89. The fourth-order valence-electron chi connectivity index (χ4n) is 2.88. The summed E-state index contributed by atoms with van der Waals surface area (Å²) in [5.41, 5.74) is -0.556. The smallest absolute Gasteiger partial charge is 0.413 e.